The topological polar surface area (TPSA) is 50.9 Å². The zero-order valence-corrected chi connectivity index (χ0v) is 11.6. The fourth-order valence-electron chi connectivity index (χ4n) is 3.33. The largest absolute Gasteiger partial charge is 0.271 e. The first-order chi connectivity index (χ1) is 9.85. The molecular formula is C17H21N3. The second kappa shape index (κ2) is 5.73. The second-order valence-electron chi connectivity index (χ2n) is 5.65. The van der Waals surface area contributed by atoms with Gasteiger partial charge in [-0.05, 0) is 42.5 Å². The number of hydrogen-bond donors (Lipinski definition) is 2. The molecule has 0 bridgehead atoms. The third kappa shape index (κ3) is 2.35. The maximum absolute atomic E-state index is 5.89. The predicted octanol–water partition coefficient (Wildman–Crippen LogP) is 2.58. The molecule has 0 saturated heterocycles. The Morgan fingerprint density at radius 2 is 1.80 bits per heavy atom. The van der Waals surface area contributed by atoms with E-state index < -0.39 is 0 Å². The Morgan fingerprint density at radius 3 is 2.35 bits per heavy atom. The number of nitrogens with two attached hydrogens (primary N) is 1. The average molecular weight is 267 g/mol. The minimum absolute atomic E-state index is 0.180. The fraction of sp³-hybridized carbons (Fsp3) is 0.353. The van der Waals surface area contributed by atoms with E-state index in [-0.39, 0.29) is 11.5 Å². The lowest BCUT2D eigenvalue weighted by Crippen LogP contribution is -2.56. The number of pyridine rings is 1. The molecule has 3 heteroatoms. The van der Waals surface area contributed by atoms with E-state index in [4.69, 9.17) is 5.84 Å². The molecule has 3 N–H and O–H groups in total. The van der Waals surface area contributed by atoms with E-state index in [1.165, 1.54) is 30.4 Å². The zero-order chi connectivity index (χ0) is 13.8. The standard InChI is InChI=1S/C17H21N3/c18-20-16(13-14-7-11-19-12-8-14)17(9-4-10-17)15-5-2-1-3-6-15/h1-3,5-8,11-12,16,20H,4,9-10,13,18H2. The molecule has 1 aromatic heterocycles. The molecule has 1 saturated carbocycles. The zero-order valence-electron chi connectivity index (χ0n) is 11.6. The maximum atomic E-state index is 5.89. The van der Waals surface area contributed by atoms with Gasteiger partial charge in [-0.1, -0.05) is 36.8 Å². The summed E-state index contributed by atoms with van der Waals surface area (Å²) in [6.45, 7) is 0. The molecule has 1 aromatic carbocycles. The maximum Gasteiger partial charge on any atom is 0.0347 e. The van der Waals surface area contributed by atoms with Gasteiger partial charge in [-0.15, -0.1) is 0 Å². The van der Waals surface area contributed by atoms with Gasteiger partial charge in [-0.25, -0.2) is 0 Å². The second-order valence-corrected chi connectivity index (χ2v) is 5.65. The molecule has 0 radical (unpaired) electrons. The first-order valence-electron chi connectivity index (χ1n) is 7.26. The normalized spacial score (nSPS) is 18.2. The highest BCUT2D eigenvalue weighted by atomic mass is 15.2. The highest BCUT2D eigenvalue weighted by Gasteiger charge is 2.44. The highest BCUT2D eigenvalue weighted by Crippen LogP contribution is 2.47. The van der Waals surface area contributed by atoms with Crippen LogP contribution in [0.4, 0.5) is 0 Å². The molecule has 0 spiro atoms. The lowest BCUT2D eigenvalue weighted by atomic mass is 9.59. The van der Waals surface area contributed by atoms with Crippen molar-refractivity contribution in [3.8, 4) is 0 Å². The van der Waals surface area contributed by atoms with Crippen molar-refractivity contribution in [2.75, 3.05) is 0 Å². The van der Waals surface area contributed by atoms with Gasteiger partial charge in [0.05, 0.1) is 0 Å². The summed E-state index contributed by atoms with van der Waals surface area (Å²) >= 11 is 0. The van der Waals surface area contributed by atoms with Crippen molar-refractivity contribution in [2.24, 2.45) is 5.84 Å². The molecule has 3 rings (SSSR count). The molecule has 1 unspecified atom stereocenters. The first-order valence-corrected chi connectivity index (χ1v) is 7.26. The molecule has 104 valence electrons. The molecule has 1 fully saturated rings. The Balaban J connectivity index is 1.87. The molecule has 20 heavy (non-hydrogen) atoms. The minimum atomic E-state index is 0.180. The van der Waals surface area contributed by atoms with Crippen molar-refractivity contribution in [2.45, 2.75) is 37.1 Å². The summed E-state index contributed by atoms with van der Waals surface area (Å²) in [5, 5.41) is 0. The van der Waals surface area contributed by atoms with Gasteiger partial charge in [-0.3, -0.25) is 16.3 Å². The Kier molecular flexibility index (Phi) is 3.81. The summed E-state index contributed by atoms with van der Waals surface area (Å²) in [7, 11) is 0. The van der Waals surface area contributed by atoms with Crippen LogP contribution in [0, 0.1) is 0 Å². The third-order valence-electron chi connectivity index (χ3n) is 4.65. The van der Waals surface area contributed by atoms with Gasteiger partial charge in [0.25, 0.3) is 0 Å². The van der Waals surface area contributed by atoms with Crippen LogP contribution < -0.4 is 11.3 Å². The quantitative estimate of drug-likeness (QED) is 0.646. The number of hydrazine groups is 1. The first kappa shape index (κ1) is 13.3. The SMILES string of the molecule is NNC(Cc1ccncc1)C1(c2ccccc2)CCC1. The molecule has 0 amide bonds. The van der Waals surface area contributed by atoms with Crippen molar-refractivity contribution in [1.29, 1.82) is 0 Å². The van der Waals surface area contributed by atoms with Crippen molar-refractivity contribution in [3.63, 3.8) is 0 Å². The van der Waals surface area contributed by atoms with Crippen LogP contribution in [0.2, 0.25) is 0 Å². The average Bonchev–Trinajstić information content (AvgIpc) is 2.47. The minimum Gasteiger partial charge on any atom is -0.271 e. The number of nitrogens with zero attached hydrogens (tertiary/aromatic N) is 1. The van der Waals surface area contributed by atoms with Gasteiger partial charge in [0.2, 0.25) is 0 Å². The number of hydrogen-bond acceptors (Lipinski definition) is 3. The van der Waals surface area contributed by atoms with E-state index in [9.17, 15) is 0 Å². The van der Waals surface area contributed by atoms with Crippen LogP contribution in [0.15, 0.2) is 54.9 Å². The van der Waals surface area contributed by atoms with Crippen LogP contribution in [0.5, 0.6) is 0 Å². The van der Waals surface area contributed by atoms with Gasteiger partial charge in [0.1, 0.15) is 0 Å². The van der Waals surface area contributed by atoms with Crippen molar-refractivity contribution in [1.82, 2.24) is 10.4 Å². The Hall–Kier alpha value is -1.71. The molecule has 1 aliphatic carbocycles. The summed E-state index contributed by atoms with van der Waals surface area (Å²) in [5.74, 6) is 5.89. The monoisotopic (exact) mass is 267 g/mol. The molecular weight excluding hydrogens is 246 g/mol. The molecule has 1 aliphatic rings. The van der Waals surface area contributed by atoms with Gasteiger partial charge in [-0.2, -0.15) is 0 Å². The molecule has 1 heterocycles. The van der Waals surface area contributed by atoms with E-state index in [0.29, 0.717) is 0 Å². The molecule has 1 atom stereocenters. The molecule has 0 aliphatic heterocycles. The van der Waals surface area contributed by atoms with Crippen LogP contribution >= 0.6 is 0 Å². The summed E-state index contributed by atoms with van der Waals surface area (Å²) in [6.07, 6.45) is 8.32. The summed E-state index contributed by atoms with van der Waals surface area (Å²) < 4.78 is 0. The predicted molar refractivity (Wildman–Crippen MR) is 81.0 cm³/mol. The van der Waals surface area contributed by atoms with E-state index >= 15 is 0 Å². The van der Waals surface area contributed by atoms with Crippen molar-refractivity contribution < 1.29 is 0 Å². The Morgan fingerprint density at radius 1 is 1.10 bits per heavy atom. The molecule has 2 aromatic rings. The van der Waals surface area contributed by atoms with E-state index in [2.05, 4.69) is 52.9 Å². The van der Waals surface area contributed by atoms with E-state index in [1.807, 2.05) is 12.4 Å². The Bertz CT molecular complexity index is 535. The van der Waals surface area contributed by atoms with Gasteiger partial charge in [0, 0.05) is 23.9 Å². The van der Waals surface area contributed by atoms with Crippen LogP contribution in [-0.2, 0) is 11.8 Å². The van der Waals surface area contributed by atoms with Gasteiger partial charge >= 0.3 is 0 Å². The van der Waals surface area contributed by atoms with Crippen LogP contribution in [0.1, 0.15) is 30.4 Å². The van der Waals surface area contributed by atoms with Gasteiger partial charge in [0.15, 0.2) is 0 Å². The Labute approximate surface area is 120 Å². The summed E-state index contributed by atoms with van der Waals surface area (Å²) in [6, 6.07) is 15.2. The van der Waals surface area contributed by atoms with Crippen LogP contribution in [0.3, 0.4) is 0 Å². The van der Waals surface area contributed by atoms with Crippen LogP contribution in [-0.4, -0.2) is 11.0 Å². The fourth-order valence-corrected chi connectivity index (χ4v) is 3.33. The highest BCUT2D eigenvalue weighted by molar-refractivity contribution is 5.31. The smallest absolute Gasteiger partial charge is 0.0347 e. The number of aromatic nitrogens is 1. The lowest BCUT2D eigenvalue weighted by Gasteiger charge is -2.48. The summed E-state index contributed by atoms with van der Waals surface area (Å²) in [4.78, 5) is 4.08. The van der Waals surface area contributed by atoms with E-state index in [1.54, 1.807) is 0 Å². The number of nitrogens with one attached hydrogen (secondary N) is 1. The van der Waals surface area contributed by atoms with Crippen LogP contribution in [0.25, 0.3) is 0 Å². The van der Waals surface area contributed by atoms with Crippen molar-refractivity contribution in [3.05, 3.63) is 66.0 Å². The number of rotatable bonds is 5. The molecule has 3 nitrogen and oxygen atoms in total. The third-order valence-corrected chi connectivity index (χ3v) is 4.65. The number of benzene rings is 1. The van der Waals surface area contributed by atoms with Crippen molar-refractivity contribution >= 4 is 0 Å². The summed E-state index contributed by atoms with van der Waals surface area (Å²) in [5.41, 5.74) is 5.94. The van der Waals surface area contributed by atoms with E-state index in [0.717, 1.165) is 6.42 Å². The lowest BCUT2D eigenvalue weighted by molar-refractivity contribution is 0.168. The van der Waals surface area contributed by atoms with Gasteiger partial charge < -0.3 is 0 Å².